The monoisotopic (exact) mass is 408 g/mol. The van der Waals surface area contributed by atoms with Crippen LogP contribution in [-0.4, -0.2) is 5.84 Å². The minimum absolute atomic E-state index is 0.574. The predicted octanol–water partition coefficient (Wildman–Crippen LogP) is 8.38. The van der Waals surface area contributed by atoms with Crippen LogP contribution < -0.4 is 5.32 Å². The Balaban J connectivity index is 3.25. The number of anilines is 1. The molecule has 5 heteroatoms. The Morgan fingerprint density at radius 1 is 1.10 bits per heavy atom. The van der Waals surface area contributed by atoms with E-state index < -0.39 is 11.7 Å². The number of allylic oxidation sites excluding steroid dienone is 2. The molecule has 0 aliphatic rings. The second kappa shape index (κ2) is 12.5. The lowest BCUT2D eigenvalue weighted by Crippen LogP contribution is -2.17. The van der Waals surface area contributed by atoms with Crippen molar-refractivity contribution in [3.05, 3.63) is 53.3 Å². The van der Waals surface area contributed by atoms with Crippen LogP contribution >= 0.6 is 0 Å². The van der Waals surface area contributed by atoms with E-state index >= 15 is 0 Å². The highest BCUT2D eigenvalue weighted by molar-refractivity contribution is 6.08. The highest BCUT2D eigenvalue weighted by atomic mass is 19.4. The Bertz CT molecular complexity index is 698. The first kappa shape index (κ1) is 25.0. The van der Waals surface area contributed by atoms with E-state index in [1.807, 2.05) is 6.08 Å². The second-order valence-electron chi connectivity index (χ2n) is 7.58. The highest BCUT2D eigenvalue weighted by Crippen LogP contribution is 2.30. The van der Waals surface area contributed by atoms with Gasteiger partial charge in [-0.1, -0.05) is 58.6 Å². The second-order valence-corrected chi connectivity index (χ2v) is 7.58. The minimum atomic E-state index is -4.33. The van der Waals surface area contributed by atoms with Gasteiger partial charge in [0.05, 0.1) is 5.56 Å². The molecule has 0 spiro atoms. The van der Waals surface area contributed by atoms with Crippen molar-refractivity contribution < 1.29 is 13.2 Å². The molecule has 2 nitrogen and oxygen atoms in total. The minimum Gasteiger partial charge on any atom is -0.340 e. The van der Waals surface area contributed by atoms with E-state index in [4.69, 9.17) is 0 Å². The molecule has 0 radical (unpaired) electrons. The zero-order chi connectivity index (χ0) is 21.9. The molecule has 1 aromatic rings. The molecular weight excluding hydrogens is 373 g/mol. The van der Waals surface area contributed by atoms with Crippen LogP contribution in [0.15, 0.2) is 52.7 Å². The van der Waals surface area contributed by atoms with Crippen molar-refractivity contribution in [3.63, 3.8) is 0 Å². The van der Waals surface area contributed by atoms with Gasteiger partial charge >= 0.3 is 6.18 Å². The van der Waals surface area contributed by atoms with Crippen LogP contribution in [0.3, 0.4) is 0 Å². The third kappa shape index (κ3) is 8.88. The maximum atomic E-state index is 12.8. The van der Waals surface area contributed by atoms with E-state index in [0.29, 0.717) is 11.6 Å². The van der Waals surface area contributed by atoms with Crippen molar-refractivity contribution in [3.8, 4) is 0 Å². The van der Waals surface area contributed by atoms with Crippen LogP contribution in [0.4, 0.5) is 18.9 Å². The lowest BCUT2D eigenvalue weighted by molar-refractivity contribution is -0.137. The van der Waals surface area contributed by atoms with E-state index in [0.717, 1.165) is 62.1 Å². The standard InChI is InChI=1S/C24H35F3N2/c1-6-9-10-16-28-23(22(11-7-2)19(5)17-18(4)8-3)29-21-14-12-20(13-15-21)24(25,26)27/h10,12-16,18H,6-9,11,17H2,1-5H3,(H,28,29)/b16-10+,22-19+. The first-order valence-electron chi connectivity index (χ1n) is 10.6. The van der Waals surface area contributed by atoms with Crippen LogP contribution in [0.2, 0.25) is 0 Å². The zero-order valence-electron chi connectivity index (χ0n) is 18.4. The number of nitrogens with one attached hydrogen (secondary N) is 1. The summed E-state index contributed by atoms with van der Waals surface area (Å²) in [5.41, 5.74) is 2.38. The first-order valence-corrected chi connectivity index (χ1v) is 10.6. The third-order valence-electron chi connectivity index (χ3n) is 4.89. The fourth-order valence-electron chi connectivity index (χ4n) is 3.01. The smallest absolute Gasteiger partial charge is 0.340 e. The number of rotatable bonds is 10. The average Bonchev–Trinajstić information content (AvgIpc) is 2.68. The summed E-state index contributed by atoms with van der Waals surface area (Å²) in [5.74, 6) is 1.30. The third-order valence-corrected chi connectivity index (χ3v) is 4.89. The number of alkyl halides is 3. The largest absolute Gasteiger partial charge is 0.416 e. The van der Waals surface area contributed by atoms with Crippen LogP contribution in [-0.2, 0) is 6.18 Å². The summed E-state index contributed by atoms with van der Waals surface area (Å²) in [7, 11) is 0. The molecule has 1 N–H and O–H groups in total. The molecule has 0 saturated heterocycles. The van der Waals surface area contributed by atoms with Crippen molar-refractivity contribution in [1.82, 2.24) is 0 Å². The Hall–Kier alpha value is -2.04. The number of amidine groups is 1. The molecule has 1 unspecified atom stereocenters. The van der Waals surface area contributed by atoms with Gasteiger partial charge in [0, 0.05) is 11.9 Å². The molecule has 0 bridgehead atoms. The summed E-state index contributed by atoms with van der Waals surface area (Å²) < 4.78 is 38.5. The van der Waals surface area contributed by atoms with Gasteiger partial charge in [-0.05, 0) is 61.9 Å². The van der Waals surface area contributed by atoms with E-state index in [1.54, 1.807) is 6.20 Å². The molecule has 1 rings (SSSR count). The van der Waals surface area contributed by atoms with Gasteiger partial charge in [-0.15, -0.1) is 0 Å². The Morgan fingerprint density at radius 2 is 1.76 bits per heavy atom. The molecule has 1 aromatic carbocycles. The van der Waals surface area contributed by atoms with Gasteiger partial charge in [0.15, 0.2) is 0 Å². The normalized spacial score (nSPS) is 14.8. The average molecular weight is 409 g/mol. The molecule has 0 aliphatic heterocycles. The van der Waals surface area contributed by atoms with Gasteiger partial charge in [0.1, 0.15) is 5.84 Å². The summed E-state index contributed by atoms with van der Waals surface area (Å²) in [6.07, 6.45) is 5.39. The van der Waals surface area contributed by atoms with Gasteiger partial charge in [-0.25, -0.2) is 4.99 Å². The maximum absolute atomic E-state index is 12.8. The number of halogens is 3. The molecule has 29 heavy (non-hydrogen) atoms. The topological polar surface area (TPSA) is 24.4 Å². The zero-order valence-corrected chi connectivity index (χ0v) is 18.4. The molecule has 162 valence electrons. The molecule has 1 atom stereocenters. The van der Waals surface area contributed by atoms with Gasteiger partial charge < -0.3 is 5.32 Å². The number of hydrogen-bond donors (Lipinski definition) is 1. The molecule has 0 heterocycles. The van der Waals surface area contributed by atoms with E-state index in [1.165, 1.54) is 17.7 Å². The van der Waals surface area contributed by atoms with Gasteiger partial charge in [0.25, 0.3) is 0 Å². The van der Waals surface area contributed by atoms with Gasteiger partial charge in [-0.3, -0.25) is 0 Å². The number of nitrogens with zero attached hydrogens (tertiary/aromatic N) is 1. The fourth-order valence-corrected chi connectivity index (χ4v) is 3.01. The SMILES string of the molecule is CCC/C=C/N=C(Nc1ccc(C(F)(F)F)cc1)/C(CCC)=C(\C)CC(C)CC. The van der Waals surface area contributed by atoms with Gasteiger partial charge in [0.2, 0.25) is 0 Å². The van der Waals surface area contributed by atoms with Crippen molar-refractivity contribution in [2.45, 2.75) is 79.3 Å². The summed E-state index contributed by atoms with van der Waals surface area (Å²) in [4.78, 5) is 4.65. The molecule has 0 amide bonds. The van der Waals surface area contributed by atoms with E-state index in [2.05, 4.69) is 44.9 Å². The maximum Gasteiger partial charge on any atom is 0.416 e. The van der Waals surface area contributed by atoms with Crippen LogP contribution in [0.25, 0.3) is 0 Å². The van der Waals surface area contributed by atoms with Crippen LogP contribution in [0.5, 0.6) is 0 Å². The summed E-state index contributed by atoms with van der Waals surface area (Å²) in [5, 5.41) is 3.27. The van der Waals surface area contributed by atoms with E-state index in [9.17, 15) is 13.2 Å². The molecule has 0 fully saturated rings. The number of benzene rings is 1. The van der Waals surface area contributed by atoms with Crippen molar-refractivity contribution >= 4 is 11.5 Å². The molecular formula is C24H35F3N2. The fraction of sp³-hybridized carbons (Fsp3) is 0.542. The predicted molar refractivity (Wildman–Crippen MR) is 118 cm³/mol. The summed E-state index contributed by atoms with van der Waals surface area (Å²) >= 11 is 0. The highest BCUT2D eigenvalue weighted by Gasteiger charge is 2.30. The van der Waals surface area contributed by atoms with Crippen molar-refractivity contribution in [2.24, 2.45) is 10.9 Å². The van der Waals surface area contributed by atoms with Crippen molar-refractivity contribution in [2.75, 3.05) is 5.32 Å². The lowest BCUT2D eigenvalue weighted by atomic mass is 9.93. The summed E-state index contributed by atoms with van der Waals surface area (Å²) in [6.45, 7) is 10.8. The molecule has 0 aliphatic carbocycles. The Morgan fingerprint density at radius 3 is 2.28 bits per heavy atom. The molecule has 0 saturated carbocycles. The van der Waals surface area contributed by atoms with E-state index in [-0.39, 0.29) is 0 Å². The Labute approximate surface area is 174 Å². The van der Waals surface area contributed by atoms with Crippen LogP contribution in [0, 0.1) is 5.92 Å². The summed E-state index contributed by atoms with van der Waals surface area (Å²) in [6, 6.07) is 5.12. The van der Waals surface area contributed by atoms with Crippen LogP contribution in [0.1, 0.15) is 78.7 Å². The number of hydrogen-bond acceptors (Lipinski definition) is 1. The number of unbranched alkanes of at least 4 members (excludes halogenated alkanes) is 1. The Kier molecular flexibility index (Phi) is 10.8. The number of aliphatic imine (C=N–C) groups is 1. The molecule has 0 aromatic heterocycles. The first-order chi connectivity index (χ1) is 13.7. The van der Waals surface area contributed by atoms with Crippen molar-refractivity contribution in [1.29, 1.82) is 0 Å². The van der Waals surface area contributed by atoms with Gasteiger partial charge in [-0.2, -0.15) is 13.2 Å². The quantitative estimate of drug-likeness (QED) is 0.305. The lowest BCUT2D eigenvalue weighted by Gasteiger charge is -2.18.